The summed E-state index contributed by atoms with van der Waals surface area (Å²) in [5.41, 5.74) is 2.79. The SMILES string of the molecule is CCCCCCCc1n(CCC)c(C)c[n+]1Cc1ccc(C(=O)O)cc1. The van der Waals surface area contributed by atoms with Gasteiger partial charge < -0.3 is 5.11 Å². The van der Waals surface area contributed by atoms with Crippen LogP contribution in [-0.2, 0) is 19.5 Å². The predicted molar refractivity (Wildman–Crippen MR) is 105 cm³/mol. The fraction of sp³-hybridized carbons (Fsp3) is 0.545. The molecule has 0 amide bonds. The van der Waals surface area contributed by atoms with Crippen molar-refractivity contribution < 1.29 is 14.5 Å². The van der Waals surface area contributed by atoms with Crippen molar-refractivity contribution in [3.05, 3.63) is 53.1 Å². The standard InChI is InChI=1S/C22H32N2O2/c1-4-6-7-8-9-10-21-23(16-18(3)24(21)15-5-2)17-19-11-13-20(14-12-19)22(25)26/h11-14,16H,4-10,15,17H2,1-3H3/p+1. The molecule has 2 rings (SSSR count). The van der Waals surface area contributed by atoms with Crippen molar-refractivity contribution in [3.63, 3.8) is 0 Å². The van der Waals surface area contributed by atoms with Gasteiger partial charge in [0.2, 0.25) is 0 Å². The summed E-state index contributed by atoms with van der Waals surface area (Å²) in [6.07, 6.45) is 10.9. The smallest absolute Gasteiger partial charge is 0.335 e. The largest absolute Gasteiger partial charge is 0.478 e. The van der Waals surface area contributed by atoms with E-state index >= 15 is 0 Å². The highest BCUT2D eigenvalue weighted by atomic mass is 16.4. The second kappa shape index (κ2) is 10.1. The number of hydrogen-bond donors (Lipinski definition) is 1. The Labute approximate surface area is 157 Å². The van der Waals surface area contributed by atoms with Gasteiger partial charge in [0.05, 0.1) is 12.1 Å². The predicted octanol–water partition coefficient (Wildman–Crippen LogP) is 4.75. The second-order valence-electron chi connectivity index (χ2n) is 7.13. The van der Waals surface area contributed by atoms with Crippen LogP contribution in [0.2, 0.25) is 0 Å². The minimum atomic E-state index is -0.873. The number of carbonyl (C=O) groups is 1. The molecular weight excluding hydrogens is 324 g/mol. The van der Waals surface area contributed by atoms with E-state index in [9.17, 15) is 4.79 Å². The molecule has 0 fully saturated rings. The van der Waals surface area contributed by atoms with E-state index in [-0.39, 0.29) is 0 Å². The molecule has 2 aromatic rings. The van der Waals surface area contributed by atoms with E-state index in [4.69, 9.17) is 5.11 Å². The van der Waals surface area contributed by atoms with Gasteiger partial charge in [0.25, 0.3) is 5.82 Å². The van der Waals surface area contributed by atoms with Gasteiger partial charge >= 0.3 is 5.97 Å². The van der Waals surface area contributed by atoms with Gasteiger partial charge in [0.1, 0.15) is 18.4 Å². The highest BCUT2D eigenvalue weighted by molar-refractivity contribution is 5.87. The highest BCUT2D eigenvalue weighted by Gasteiger charge is 2.20. The molecule has 0 aliphatic carbocycles. The van der Waals surface area contributed by atoms with Crippen LogP contribution >= 0.6 is 0 Å². The van der Waals surface area contributed by atoms with E-state index in [1.165, 1.54) is 43.6 Å². The van der Waals surface area contributed by atoms with E-state index in [1.54, 1.807) is 12.1 Å². The summed E-state index contributed by atoms with van der Waals surface area (Å²) in [4.78, 5) is 11.0. The molecule has 0 aliphatic heterocycles. The van der Waals surface area contributed by atoms with E-state index in [0.29, 0.717) is 5.56 Å². The Morgan fingerprint density at radius 2 is 1.73 bits per heavy atom. The van der Waals surface area contributed by atoms with Gasteiger partial charge in [-0.15, -0.1) is 0 Å². The number of carboxylic acid groups (broad SMARTS) is 1. The van der Waals surface area contributed by atoms with Crippen molar-refractivity contribution in [2.75, 3.05) is 0 Å². The van der Waals surface area contributed by atoms with Gasteiger partial charge in [0.15, 0.2) is 0 Å². The quantitative estimate of drug-likeness (QED) is 0.466. The fourth-order valence-electron chi connectivity index (χ4n) is 3.51. The molecule has 1 aromatic heterocycles. The Morgan fingerprint density at radius 1 is 1.04 bits per heavy atom. The summed E-state index contributed by atoms with van der Waals surface area (Å²) in [6, 6.07) is 7.24. The van der Waals surface area contributed by atoms with Gasteiger partial charge in [0, 0.05) is 13.3 Å². The molecule has 142 valence electrons. The molecule has 26 heavy (non-hydrogen) atoms. The van der Waals surface area contributed by atoms with Crippen molar-refractivity contribution in [1.82, 2.24) is 4.57 Å². The van der Waals surface area contributed by atoms with Crippen molar-refractivity contribution in [2.45, 2.75) is 78.8 Å². The number of carboxylic acids is 1. The van der Waals surface area contributed by atoms with Crippen molar-refractivity contribution >= 4 is 5.97 Å². The summed E-state index contributed by atoms with van der Waals surface area (Å²) >= 11 is 0. The van der Waals surface area contributed by atoms with Crippen LogP contribution in [0.5, 0.6) is 0 Å². The first-order valence-electron chi connectivity index (χ1n) is 9.97. The van der Waals surface area contributed by atoms with Crippen LogP contribution in [0.3, 0.4) is 0 Å². The molecule has 0 saturated carbocycles. The Balaban J connectivity index is 2.15. The van der Waals surface area contributed by atoms with Crippen LogP contribution in [0.1, 0.15) is 79.8 Å². The zero-order valence-corrected chi connectivity index (χ0v) is 16.5. The zero-order chi connectivity index (χ0) is 18.9. The molecular formula is C22H33N2O2+. The topological polar surface area (TPSA) is 46.1 Å². The van der Waals surface area contributed by atoms with Gasteiger partial charge in [-0.2, -0.15) is 0 Å². The van der Waals surface area contributed by atoms with Crippen molar-refractivity contribution in [2.24, 2.45) is 0 Å². The molecule has 0 radical (unpaired) electrons. The molecule has 0 atom stereocenters. The number of hydrogen-bond acceptors (Lipinski definition) is 1. The zero-order valence-electron chi connectivity index (χ0n) is 16.5. The van der Waals surface area contributed by atoms with Crippen LogP contribution in [0.15, 0.2) is 30.5 Å². The summed E-state index contributed by atoms with van der Waals surface area (Å²) in [5, 5.41) is 9.06. The normalized spacial score (nSPS) is 11.0. The van der Waals surface area contributed by atoms with Gasteiger partial charge in [-0.05, 0) is 30.5 Å². The van der Waals surface area contributed by atoms with Crippen LogP contribution in [0, 0.1) is 6.92 Å². The Morgan fingerprint density at radius 3 is 2.35 bits per heavy atom. The van der Waals surface area contributed by atoms with Crippen LogP contribution < -0.4 is 4.57 Å². The Kier molecular flexibility index (Phi) is 7.89. The lowest BCUT2D eigenvalue weighted by atomic mass is 10.1. The second-order valence-corrected chi connectivity index (χ2v) is 7.13. The van der Waals surface area contributed by atoms with Crippen LogP contribution in [0.25, 0.3) is 0 Å². The number of imidazole rings is 1. The monoisotopic (exact) mass is 357 g/mol. The number of aryl methyl sites for hydroxylation is 1. The molecule has 0 unspecified atom stereocenters. The first-order valence-corrected chi connectivity index (χ1v) is 9.97. The lowest BCUT2D eigenvalue weighted by Gasteiger charge is -2.06. The number of unbranched alkanes of at least 4 members (excludes halogenated alkanes) is 4. The maximum Gasteiger partial charge on any atom is 0.335 e. The maximum absolute atomic E-state index is 11.0. The molecule has 1 N–H and O–H groups in total. The van der Waals surface area contributed by atoms with E-state index < -0.39 is 5.97 Å². The minimum Gasteiger partial charge on any atom is -0.478 e. The molecule has 1 heterocycles. The summed E-state index contributed by atoms with van der Waals surface area (Å²) < 4.78 is 4.80. The first-order chi connectivity index (χ1) is 12.6. The van der Waals surface area contributed by atoms with Gasteiger partial charge in [-0.3, -0.25) is 0 Å². The van der Waals surface area contributed by atoms with Gasteiger partial charge in [-0.25, -0.2) is 13.9 Å². The number of aromatic carboxylic acids is 1. The van der Waals surface area contributed by atoms with E-state index in [1.807, 2.05) is 12.1 Å². The maximum atomic E-state index is 11.0. The van der Waals surface area contributed by atoms with E-state index in [2.05, 4.69) is 36.1 Å². The third kappa shape index (κ3) is 5.45. The Bertz CT molecular complexity index is 702. The first kappa shape index (κ1) is 20.2. The van der Waals surface area contributed by atoms with Crippen LogP contribution in [0.4, 0.5) is 0 Å². The number of rotatable bonds is 11. The summed E-state index contributed by atoms with van der Waals surface area (Å²) in [7, 11) is 0. The fourth-order valence-corrected chi connectivity index (χ4v) is 3.51. The molecule has 4 nitrogen and oxygen atoms in total. The highest BCUT2D eigenvalue weighted by Crippen LogP contribution is 2.12. The molecule has 4 heteroatoms. The van der Waals surface area contributed by atoms with Crippen molar-refractivity contribution in [1.29, 1.82) is 0 Å². The van der Waals surface area contributed by atoms with Crippen molar-refractivity contribution in [3.8, 4) is 0 Å². The van der Waals surface area contributed by atoms with E-state index in [0.717, 1.165) is 31.5 Å². The number of aromatic nitrogens is 2. The minimum absolute atomic E-state index is 0.342. The number of benzene rings is 1. The lowest BCUT2D eigenvalue weighted by molar-refractivity contribution is -0.695. The molecule has 1 aromatic carbocycles. The van der Waals surface area contributed by atoms with Crippen LogP contribution in [-0.4, -0.2) is 15.6 Å². The Hall–Kier alpha value is -2.10. The third-order valence-electron chi connectivity index (χ3n) is 4.92. The molecule has 0 spiro atoms. The molecule has 0 aliphatic rings. The average molecular weight is 358 g/mol. The summed E-state index contributed by atoms with van der Waals surface area (Å²) in [6.45, 7) is 8.50. The van der Waals surface area contributed by atoms with Gasteiger partial charge in [-0.1, -0.05) is 51.7 Å². The third-order valence-corrected chi connectivity index (χ3v) is 4.92. The summed E-state index contributed by atoms with van der Waals surface area (Å²) in [5.74, 6) is 0.519. The lowest BCUT2D eigenvalue weighted by Crippen LogP contribution is -2.38. The number of nitrogens with zero attached hydrogens (tertiary/aromatic N) is 2. The average Bonchev–Trinajstić information content (AvgIpc) is 2.91. The molecule has 0 bridgehead atoms. The molecule has 0 saturated heterocycles.